The number of nitrogens with one attached hydrogen (secondary N) is 1. The molecule has 7 heteroatoms. The summed E-state index contributed by atoms with van der Waals surface area (Å²) in [7, 11) is 0. The number of aryl methyl sites for hydroxylation is 1. The Morgan fingerprint density at radius 3 is 2.55 bits per heavy atom. The van der Waals surface area contributed by atoms with Crippen LogP contribution < -0.4 is 5.32 Å². The number of benzene rings is 2. The second-order valence-corrected chi connectivity index (χ2v) is 7.32. The van der Waals surface area contributed by atoms with E-state index >= 15 is 0 Å². The van der Waals surface area contributed by atoms with E-state index in [4.69, 9.17) is 0 Å². The van der Waals surface area contributed by atoms with Gasteiger partial charge in [0.05, 0.1) is 12.3 Å². The molecule has 0 aliphatic heterocycles. The van der Waals surface area contributed by atoms with Gasteiger partial charge in [0.15, 0.2) is 16.8 Å². The van der Waals surface area contributed by atoms with Crippen LogP contribution in [0.1, 0.15) is 32.1 Å². The molecule has 0 aliphatic rings. The minimum absolute atomic E-state index is 0.0261. The number of rotatable bonds is 9. The lowest BCUT2D eigenvalue weighted by Gasteiger charge is -2.09. The number of carbonyl (C=O) groups is 2. The molecule has 1 aromatic heterocycles. The maximum Gasteiger partial charge on any atom is 0.251 e. The van der Waals surface area contributed by atoms with Gasteiger partial charge < -0.3 is 9.88 Å². The van der Waals surface area contributed by atoms with Gasteiger partial charge in [0.2, 0.25) is 0 Å². The van der Waals surface area contributed by atoms with Crippen molar-refractivity contribution < 1.29 is 9.59 Å². The summed E-state index contributed by atoms with van der Waals surface area (Å²) in [4.78, 5) is 24.8. The molecule has 0 saturated heterocycles. The Hall–Kier alpha value is -3.19. The minimum atomic E-state index is -0.162. The van der Waals surface area contributed by atoms with Gasteiger partial charge in [-0.2, -0.15) is 0 Å². The van der Waals surface area contributed by atoms with Crippen LogP contribution in [0.3, 0.4) is 0 Å². The minimum Gasteiger partial charge on any atom is -0.345 e. The third kappa shape index (κ3) is 5.20. The fourth-order valence-corrected chi connectivity index (χ4v) is 3.65. The van der Waals surface area contributed by atoms with E-state index < -0.39 is 0 Å². The van der Waals surface area contributed by atoms with E-state index in [1.165, 1.54) is 11.8 Å². The van der Waals surface area contributed by atoms with Crippen LogP contribution in [0.25, 0.3) is 0 Å². The van der Waals surface area contributed by atoms with Crippen molar-refractivity contribution >= 4 is 23.5 Å². The molecule has 1 N–H and O–H groups in total. The summed E-state index contributed by atoms with van der Waals surface area (Å²) >= 11 is 1.32. The third-order valence-electron chi connectivity index (χ3n) is 4.33. The zero-order valence-electron chi connectivity index (χ0n) is 16.2. The second-order valence-electron chi connectivity index (χ2n) is 6.37. The first-order chi connectivity index (χ1) is 14.1. The highest BCUT2D eigenvalue weighted by Crippen LogP contribution is 2.19. The Labute approximate surface area is 174 Å². The summed E-state index contributed by atoms with van der Waals surface area (Å²) in [5.41, 5.74) is 2.21. The lowest BCUT2D eigenvalue weighted by atomic mass is 10.1. The first-order valence-corrected chi connectivity index (χ1v) is 10.2. The molecular formula is C22H22N4O2S. The van der Waals surface area contributed by atoms with Crippen LogP contribution in [0.5, 0.6) is 0 Å². The van der Waals surface area contributed by atoms with Gasteiger partial charge in [-0.3, -0.25) is 9.59 Å². The van der Waals surface area contributed by atoms with Crippen molar-refractivity contribution in [3.8, 4) is 0 Å². The van der Waals surface area contributed by atoms with Gasteiger partial charge in [0.1, 0.15) is 0 Å². The van der Waals surface area contributed by atoms with Crippen LogP contribution in [0.15, 0.2) is 72.4 Å². The van der Waals surface area contributed by atoms with Gasteiger partial charge in [-0.15, -0.1) is 16.8 Å². The first-order valence-electron chi connectivity index (χ1n) is 9.18. The highest BCUT2D eigenvalue weighted by Gasteiger charge is 2.16. The number of ketones is 1. The van der Waals surface area contributed by atoms with Gasteiger partial charge in [0.25, 0.3) is 5.91 Å². The van der Waals surface area contributed by atoms with Crippen LogP contribution in [0.4, 0.5) is 0 Å². The molecule has 0 atom stereocenters. The van der Waals surface area contributed by atoms with Gasteiger partial charge in [-0.25, -0.2) is 0 Å². The van der Waals surface area contributed by atoms with Crippen molar-refractivity contribution in [2.75, 3.05) is 5.75 Å². The molecular weight excluding hydrogens is 384 g/mol. The monoisotopic (exact) mass is 406 g/mol. The zero-order chi connectivity index (χ0) is 20.6. The molecule has 1 heterocycles. The third-order valence-corrected chi connectivity index (χ3v) is 5.30. The van der Waals surface area contributed by atoms with E-state index in [9.17, 15) is 9.59 Å². The maximum atomic E-state index is 12.4. The quantitative estimate of drug-likeness (QED) is 0.333. The molecule has 6 nitrogen and oxygen atoms in total. The van der Waals surface area contributed by atoms with E-state index in [2.05, 4.69) is 22.1 Å². The fourth-order valence-electron chi connectivity index (χ4n) is 2.79. The van der Waals surface area contributed by atoms with Crippen LogP contribution in [0, 0.1) is 6.92 Å². The molecule has 0 radical (unpaired) electrons. The number of carbonyl (C=O) groups excluding carboxylic acids is 2. The van der Waals surface area contributed by atoms with Gasteiger partial charge in [-0.1, -0.05) is 66.4 Å². The standard InChI is InChI=1S/C22H22N4O2S/c1-3-13-26-20(14-23-21(28)18-12-8-7-9-16(18)2)24-25-22(26)29-15-19(27)17-10-5-4-6-11-17/h3-12H,1,13-15H2,2H3,(H,23,28). The number of thioether (sulfide) groups is 1. The first kappa shape index (κ1) is 20.5. The van der Waals surface area contributed by atoms with Crippen molar-refractivity contribution in [1.29, 1.82) is 0 Å². The summed E-state index contributed by atoms with van der Waals surface area (Å²) < 4.78 is 1.86. The van der Waals surface area contributed by atoms with Gasteiger partial charge >= 0.3 is 0 Å². The largest absolute Gasteiger partial charge is 0.345 e. The molecule has 0 bridgehead atoms. The average Bonchev–Trinajstić information content (AvgIpc) is 3.13. The normalized spacial score (nSPS) is 10.5. The Balaban J connectivity index is 1.66. The highest BCUT2D eigenvalue weighted by atomic mass is 32.2. The van der Waals surface area contributed by atoms with E-state index in [0.717, 1.165) is 5.56 Å². The number of allylic oxidation sites excluding steroid dienone is 1. The predicted octanol–water partition coefficient (Wildman–Crippen LogP) is 3.68. The number of Topliss-reactive ketones (excluding diaryl/α,β-unsaturated/α-hetero) is 1. The van der Waals surface area contributed by atoms with E-state index in [1.54, 1.807) is 24.3 Å². The summed E-state index contributed by atoms with van der Waals surface area (Å²) in [5, 5.41) is 11.9. The SMILES string of the molecule is C=CCn1c(CNC(=O)c2ccccc2C)nnc1SCC(=O)c1ccccc1. The number of nitrogens with zero attached hydrogens (tertiary/aromatic N) is 3. The van der Waals surface area contributed by atoms with Gasteiger partial charge in [0, 0.05) is 17.7 Å². The summed E-state index contributed by atoms with van der Waals surface area (Å²) in [5.74, 6) is 0.735. The molecule has 3 aromatic rings. The summed E-state index contributed by atoms with van der Waals surface area (Å²) in [6.45, 7) is 6.40. The van der Waals surface area contributed by atoms with Crippen molar-refractivity contribution in [3.63, 3.8) is 0 Å². The molecule has 148 valence electrons. The number of hydrogen-bond donors (Lipinski definition) is 1. The molecule has 0 saturated carbocycles. The van der Waals surface area contributed by atoms with Crippen LogP contribution >= 0.6 is 11.8 Å². The topological polar surface area (TPSA) is 76.9 Å². The fraction of sp³-hybridized carbons (Fsp3) is 0.182. The van der Waals surface area contributed by atoms with Crippen LogP contribution in [0.2, 0.25) is 0 Å². The lowest BCUT2D eigenvalue weighted by Crippen LogP contribution is -2.25. The van der Waals surface area contributed by atoms with Crippen LogP contribution in [-0.2, 0) is 13.1 Å². The van der Waals surface area contributed by atoms with E-state index in [1.807, 2.05) is 47.9 Å². The molecule has 0 unspecified atom stereocenters. The Morgan fingerprint density at radius 2 is 1.83 bits per heavy atom. The van der Waals surface area contributed by atoms with Gasteiger partial charge in [-0.05, 0) is 18.6 Å². The zero-order valence-corrected chi connectivity index (χ0v) is 17.0. The molecule has 0 spiro atoms. The molecule has 0 fully saturated rings. The Morgan fingerprint density at radius 1 is 1.10 bits per heavy atom. The molecule has 1 amide bonds. The number of aromatic nitrogens is 3. The molecule has 29 heavy (non-hydrogen) atoms. The van der Waals surface area contributed by atoms with E-state index in [-0.39, 0.29) is 24.0 Å². The maximum absolute atomic E-state index is 12.4. The Bertz CT molecular complexity index is 1010. The van der Waals surface area contributed by atoms with Crippen molar-refractivity contribution in [1.82, 2.24) is 20.1 Å². The smallest absolute Gasteiger partial charge is 0.251 e. The lowest BCUT2D eigenvalue weighted by molar-refractivity contribution is 0.0948. The summed E-state index contributed by atoms with van der Waals surface area (Å²) in [6.07, 6.45) is 1.74. The summed E-state index contributed by atoms with van der Waals surface area (Å²) in [6, 6.07) is 16.6. The second kappa shape index (κ2) is 9.84. The highest BCUT2D eigenvalue weighted by molar-refractivity contribution is 7.99. The van der Waals surface area contributed by atoms with Crippen molar-refractivity contribution in [3.05, 3.63) is 89.8 Å². The molecule has 3 rings (SSSR count). The average molecular weight is 407 g/mol. The van der Waals surface area contributed by atoms with Crippen LogP contribution in [-0.4, -0.2) is 32.2 Å². The predicted molar refractivity (Wildman–Crippen MR) is 114 cm³/mol. The van der Waals surface area contributed by atoms with Crippen molar-refractivity contribution in [2.24, 2.45) is 0 Å². The van der Waals surface area contributed by atoms with Crippen molar-refractivity contribution in [2.45, 2.75) is 25.2 Å². The Kier molecular flexibility index (Phi) is 6.97. The molecule has 0 aliphatic carbocycles. The van der Waals surface area contributed by atoms with E-state index in [0.29, 0.717) is 28.7 Å². The molecule has 2 aromatic carbocycles. The number of amides is 1. The number of hydrogen-bond acceptors (Lipinski definition) is 5.